The van der Waals surface area contributed by atoms with Crippen LogP contribution in [0.2, 0.25) is 5.02 Å². The Hall–Kier alpha value is -3.44. The number of likely N-dealkylation sites (tertiary alicyclic amines) is 1. The fraction of sp³-hybridized carbons (Fsp3) is 0.367. The molecular formula is C30H33ClN6O. The predicted octanol–water partition coefficient (Wildman–Crippen LogP) is 4.89. The lowest BCUT2D eigenvalue weighted by Crippen LogP contribution is -2.44. The van der Waals surface area contributed by atoms with Gasteiger partial charge in [-0.25, -0.2) is 4.98 Å². The number of hydrogen-bond acceptors (Lipinski definition) is 6. The van der Waals surface area contributed by atoms with E-state index in [1.165, 1.54) is 5.56 Å². The molecule has 8 heteroatoms. The Kier molecular flexibility index (Phi) is 8.54. The number of carbonyl (C=O) groups is 1. The van der Waals surface area contributed by atoms with Gasteiger partial charge >= 0.3 is 0 Å². The zero-order valence-corrected chi connectivity index (χ0v) is 22.2. The minimum absolute atomic E-state index is 0.123. The van der Waals surface area contributed by atoms with E-state index in [1.807, 2.05) is 66.9 Å². The molecule has 0 bridgehead atoms. The first-order chi connectivity index (χ1) is 18.6. The highest BCUT2D eigenvalue weighted by atomic mass is 35.5. The lowest BCUT2D eigenvalue weighted by atomic mass is 10.0. The fourth-order valence-corrected chi connectivity index (χ4v) is 5.46. The summed E-state index contributed by atoms with van der Waals surface area (Å²) in [6, 6.07) is 22.1. The number of nitriles is 1. The Morgan fingerprint density at radius 3 is 2.32 bits per heavy atom. The Labute approximate surface area is 229 Å². The van der Waals surface area contributed by atoms with E-state index >= 15 is 0 Å². The van der Waals surface area contributed by atoms with E-state index in [2.05, 4.69) is 31.5 Å². The van der Waals surface area contributed by atoms with Gasteiger partial charge in [0, 0.05) is 42.4 Å². The van der Waals surface area contributed by atoms with Crippen LogP contribution in [0.15, 0.2) is 66.9 Å². The second kappa shape index (κ2) is 12.4. The van der Waals surface area contributed by atoms with E-state index in [1.54, 1.807) is 0 Å². The molecule has 3 heterocycles. The largest absolute Gasteiger partial charge is 0.348 e. The standard InChI is InChI=1S/C30H33ClN6O/c31-24-5-7-26(8-6-24)37(27-11-15-33-16-12-27)28-9-10-29(34-20-28)30(38)35-25-13-17-36(18-14-25)21-23-3-1-22(19-32)2-4-23/h1-10,20,25,27,33H,11-18,21H2,(H,35,38). The number of benzene rings is 2. The van der Waals surface area contributed by atoms with Crippen LogP contribution in [-0.2, 0) is 6.54 Å². The SMILES string of the molecule is N#Cc1ccc(CN2CCC(NC(=O)c3ccc(N(c4ccc(Cl)cc4)C4CCNCC4)cn3)CC2)cc1. The van der Waals surface area contributed by atoms with Crippen molar-refractivity contribution in [2.45, 2.75) is 44.3 Å². The van der Waals surface area contributed by atoms with Gasteiger partial charge in [-0.3, -0.25) is 9.69 Å². The van der Waals surface area contributed by atoms with Crippen LogP contribution in [0.3, 0.4) is 0 Å². The Balaban J connectivity index is 1.18. The lowest BCUT2D eigenvalue weighted by molar-refractivity contribution is 0.0904. The summed E-state index contributed by atoms with van der Waals surface area (Å²) >= 11 is 6.14. The number of piperidine rings is 2. The predicted molar refractivity (Wildman–Crippen MR) is 151 cm³/mol. The molecule has 2 saturated heterocycles. The van der Waals surface area contributed by atoms with Gasteiger partial charge in [-0.2, -0.15) is 5.26 Å². The number of nitrogens with one attached hydrogen (secondary N) is 2. The first-order valence-corrected chi connectivity index (χ1v) is 13.7. The third kappa shape index (κ3) is 6.51. The van der Waals surface area contributed by atoms with Gasteiger partial charge in [0.1, 0.15) is 5.69 Å². The summed E-state index contributed by atoms with van der Waals surface area (Å²) in [5, 5.41) is 16.3. The maximum absolute atomic E-state index is 13.0. The molecule has 0 radical (unpaired) electrons. The van der Waals surface area contributed by atoms with Gasteiger partial charge in [0.05, 0.1) is 23.5 Å². The van der Waals surface area contributed by atoms with Crippen LogP contribution < -0.4 is 15.5 Å². The Morgan fingerprint density at radius 1 is 1.00 bits per heavy atom. The average Bonchev–Trinajstić information content (AvgIpc) is 2.96. The molecule has 0 atom stereocenters. The van der Waals surface area contributed by atoms with Crippen molar-refractivity contribution in [3.8, 4) is 6.07 Å². The third-order valence-corrected chi connectivity index (χ3v) is 7.70. The third-order valence-electron chi connectivity index (χ3n) is 7.45. The number of aromatic nitrogens is 1. The van der Waals surface area contributed by atoms with E-state index < -0.39 is 0 Å². The highest BCUT2D eigenvalue weighted by Crippen LogP contribution is 2.31. The van der Waals surface area contributed by atoms with Crippen molar-refractivity contribution in [1.29, 1.82) is 5.26 Å². The van der Waals surface area contributed by atoms with E-state index in [-0.39, 0.29) is 11.9 Å². The first kappa shape index (κ1) is 26.2. The average molecular weight is 529 g/mol. The molecule has 2 aromatic carbocycles. The zero-order valence-electron chi connectivity index (χ0n) is 21.4. The smallest absolute Gasteiger partial charge is 0.270 e. The second-order valence-electron chi connectivity index (χ2n) is 10.1. The molecule has 0 saturated carbocycles. The molecule has 196 valence electrons. The topological polar surface area (TPSA) is 84.3 Å². The second-order valence-corrected chi connectivity index (χ2v) is 10.5. The molecule has 2 fully saturated rings. The summed E-state index contributed by atoms with van der Waals surface area (Å²) in [6.45, 7) is 4.66. The number of pyridine rings is 1. The monoisotopic (exact) mass is 528 g/mol. The molecule has 2 aliphatic rings. The number of amides is 1. The summed E-state index contributed by atoms with van der Waals surface area (Å²) in [5.41, 5.74) is 4.38. The molecule has 1 amide bonds. The quantitative estimate of drug-likeness (QED) is 0.454. The van der Waals surface area contributed by atoms with Crippen LogP contribution in [0.5, 0.6) is 0 Å². The summed E-state index contributed by atoms with van der Waals surface area (Å²) < 4.78 is 0. The van der Waals surface area contributed by atoms with E-state index in [4.69, 9.17) is 16.9 Å². The van der Waals surface area contributed by atoms with Crippen LogP contribution in [0.4, 0.5) is 11.4 Å². The molecule has 0 aliphatic carbocycles. The number of rotatable bonds is 7. The first-order valence-electron chi connectivity index (χ1n) is 13.3. The van der Waals surface area contributed by atoms with Crippen molar-refractivity contribution < 1.29 is 4.79 Å². The molecule has 3 aromatic rings. The van der Waals surface area contributed by atoms with Gasteiger partial charge in [0.25, 0.3) is 5.91 Å². The minimum Gasteiger partial charge on any atom is -0.348 e. The van der Waals surface area contributed by atoms with Crippen molar-refractivity contribution in [3.63, 3.8) is 0 Å². The van der Waals surface area contributed by atoms with Crippen LogP contribution in [0.1, 0.15) is 47.3 Å². The zero-order chi connectivity index (χ0) is 26.3. The summed E-state index contributed by atoms with van der Waals surface area (Å²) in [6.07, 6.45) is 5.69. The summed E-state index contributed by atoms with van der Waals surface area (Å²) in [5.74, 6) is -0.123. The van der Waals surface area contributed by atoms with Crippen molar-refractivity contribution in [1.82, 2.24) is 20.5 Å². The Bertz CT molecular complexity index is 1240. The summed E-state index contributed by atoms with van der Waals surface area (Å²) in [7, 11) is 0. The van der Waals surface area contributed by atoms with E-state index in [9.17, 15) is 4.79 Å². The maximum Gasteiger partial charge on any atom is 0.270 e. The fourth-order valence-electron chi connectivity index (χ4n) is 5.34. The number of halogens is 1. The molecule has 0 spiro atoms. The number of nitrogens with zero attached hydrogens (tertiary/aromatic N) is 4. The molecule has 1 aromatic heterocycles. The van der Waals surface area contributed by atoms with Crippen molar-refractivity contribution in [2.24, 2.45) is 0 Å². The van der Waals surface area contributed by atoms with E-state index in [0.29, 0.717) is 22.3 Å². The van der Waals surface area contributed by atoms with Gasteiger partial charge in [0.2, 0.25) is 0 Å². The van der Waals surface area contributed by atoms with Crippen LogP contribution >= 0.6 is 11.6 Å². The van der Waals surface area contributed by atoms with E-state index in [0.717, 1.165) is 69.8 Å². The van der Waals surface area contributed by atoms with Crippen molar-refractivity contribution >= 4 is 28.9 Å². The number of hydrogen-bond donors (Lipinski definition) is 2. The van der Waals surface area contributed by atoms with Gasteiger partial charge < -0.3 is 15.5 Å². The van der Waals surface area contributed by atoms with Crippen molar-refractivity contribution in [3.05, 3.63) is 88.7 Å². The highest BCUT2D eigenvalue weighted by molar-refractivity contribution is 6.30. The number of anilines is 2. The van der Waals surface area contributed by atoms with Gasteiger partial charge in [-0.15, -0.1) is 0 Å². The maximum atomic E-state index is 13.0. The van der Waals surface area contributed by atoms with Crippen molar-refractivity contribution in [2.75, 3.05) is 31.1 Å². The molecule has 0 unspecified atom stereocenters. The van der Waals surface area contributed by atoms with Crippen LogP contribution in [0, 0.1) is 11.3 Å². The van der Waals surface area contributed by atoms with Gasteiger partial charge in [-0.1, -0.05) is 23.7 Å². The highest BCUT2D eigenvalue weighted by Gasteiger charge is 2.25. The summed E-state index contributed by atoms with van der Waals surface area (Å²) in [4.78, 5) is 22.3. The van der Waals surface area contributed by atoms with Gasteiger partial charge in [0.15, 0.2) is 0 Å². The van der Waals surface area contributed by atoms with Crippen LogP contribution in [-0.4, -0.2) is 54.1 Å². The lowest BCUT2D eigenvalue weighted by Gasteiger charge is -2.36. The Morgan fingerprint density at radius 2 is 1.68 bits per heavy atom. The number of carbonyl (C=O) groups excluding carboxylic acids is 1. The molecule has 5 rings (SSSR count). The molecular weight excluding hydrogens is 496 g/mol. The van der Waals surface area contributed by atoms with Crippen LogP contribution in [0.25, 0.3) is 0 Å². The molecule has 2 aliphatic heterocycles. The van der Waals surface area contributed by atoms with Gasteiger partial charge in [-0.05, 0) is 92.9 Å². The molecule has 38 heavy (non-hydrogen) atoms. The molecule has 2 N–H and O–H groups in total. The molecule has 7 nitrogen and oxygen atoms in total. The normalized spacial score (nSPS) is 17.1. The minimum atomic E-state index is -0.123.